The number of phenols is 1. The molecule has 1 aromatic heterocycles. The fourth-order valence-electron chi connectivity index (χ4n) is 2.33. The summed E-state index contributed by atoms with van der Waals surface area (Å²) < 4.78 is 7.10. The van der Waals surface area contributed by atoms with E-state index in [4.69, 9.17) is 4.74 Å². The fourth-order valence-corrected chi connectivity index (χ4v) is 3.15. The summed E-state index contributed by atoms with van der Waals surface area (Å²) in [4.78, 5) is 14.0. The highest BCUT2D eigenvalue weighted by Crippen LogP contribution is 2.24. The zero-order valence-electron chi connectivity index (χ0n) is 12.8. The smallest absolute Gasteiger partial charge is 0.233 e. The molecule has 122 valence electrons. The summed E-state index contributed by atoms with van der Waals surface area (Å²) in [5.41, 5.74) is 0.865. The molecule has 0 atom stereocenters. The van der Waals surface area contributed by atoms with Gasteiger partial charge >= 0.3 is 0 Å². The number of rotatable bonds is 4. The molecule has 2 aromatic rings. The van der Waals surface area contributed by atoms with Gasteiger partial charge in [0.15, 0.2) is 11.0 Å². The average Bonchev–Trinajstić information content (AvgIpc) is 2.95. The molecule has 3 rings (SSSR count). The number of carbonyl (C=O) groups is 1. The van der Waals surface area contributed by atoms with Crippen molar-refractivity contribution in [1.82, 2.24) is 19.7 Å². The van der Waals surface area contributed by atoms with Crippen molar-refractivity contribution in [3.63, 3.8) is 0 Å². The van der Waals surface area contributed by atoms with Crippen molar-refractivity contribution in [1.29, 1.82) is 0 Å². The Morgan fingerprint density at radius 3 is 2.65 bits per heavy atom. The summed E-state index contributed by atoms with van der Waals surface area (Å²) in [6.07, 6.45) is 0. The topological polar surface area (TPSA) is 80.5 Å². The third-order valence-electron chi connectivity index (χ3n) is 3.65. The molecule has 7 nitrogen and oxygen atoms in total. The lowest BCUT2D eigenvalue weighted by Crippen LogP contribution is -2.41. The number of hydrogen-bond donors (Lipinski definition) is 1. The van der Waals surface area contributed by atoms with Crippen LogP contribution in [0.3, 0.4) is 0 Å². The molecule has 1 fully saturated rings. The summed E-state index contributed by atoms with van der Waals surface area (Å²) in [6, 6.07) is 6.79. The minimum Gasteiger partial charge on any atom is -0.508 e. The number of carbonyl (C=O) groups excluding carboxylic acids is 1. The molecule has 0 saturated carbocycles. The summed E-state index contributed by atoms with van der Waals surface area (Å²) in [5, 5.41) is 18.4. The molecule has 1 aromatic carbocycles. The van der Waals surface area contributed by atoms with Crippen molar-refractivity contribution in [3.05, 3.63) is 24.3 Å². The van der Waals surface area contributed by atoms with Crippen LogP contribution in [0.1, 0.15) is 0 Å². The molecule has 0 aliphatic carbocycles. The zero-order chi connectivity index (χ0) is 16.2. The number of aromatic nitrogens is 3. The fraction of sp³-hybridized carbons (Fsp3) is 0.400. The SMILES string of the molecule is Cn1c(SCC(=O)N2CCOCC2)nnc1-c1ccc(O)cc1. The van der Waals surface area contributed by atoms with Crippen molar-refractivity contribution in [2.24, 2.45) is 7.05 Å². The predicted octanol–water partition coefficient (Wildman–Crippen LogP) is 1.14. The van der Waals surface area contributed by atoms with Gasteiger partial charge in [0.25, 0.3) is 0 Å². The summed E-state index contributed by atoms with van der Waals surface area (Å²) in [5.74, 6) is 1.34. The van der Waals surface area contributed by atoms with Gasteiger partial charge in [0.05, 0.1) is 19.0 Å². The number of ether oxygens (including phenoxy) is 1. The van der Waals surface area contributed by atoms with Crippen LogP contribution in [0.25, 0.3) is 11.4 Å². The summed E-state index contributed by atoms with van der Waals surface area (Å²) in [6.45, 7) is 2.50. The van der Waals surface area contributed by atoms with E-state index in [1.807, 2.05) is 16.5 Å². The molecule has 0 spiro atoms. The van der Waals surface area contributed by atoms with E-state index in [0.29, 0.717) is 43.0 Å². The van der Waals surface area contributed by atoms with E-state index in [1.54, 1.807) is 24.3 Å². The first-order valence-electron chi connectivity index (χ1n) is 7.32. The van der Waals surface area contributed by atoms with Crippen LogP contribution in [0.2, 0.25) is 0 Å². The molecule has 1 aliphatic heterocycles. The van der Waals surface area contributed by atoms with E-state index in [-0.39, 0.29) is 11.7 Å². The standard InChI is InChI=1S/C15H18N4O3S/c1-18-14(11-2-4-12(20)5-3-11)16-17-15(18)23-10-13(21)19-6-8-22-9-7-19/h2-5,20H,6-10H2,1H3. The molecule has 1 aliphatic rings. The van der Waals surface area contributed by atoms with Crippen LogP contribution in [0.15, 0.2) is 29.4 Å². The second-order valence-corrected chi connectivity index (χ2v) is 6.14. The number of benzene rings is 1. The van der Waals surface area contributed by atoms with Crippen LogP contribution in [0.4, 0.5) is 0 Å². The molecule has 1 amide bonds. The quantitative estimate of drug-likeness (QED) is 0.845. The first kappa shape index (κ1) is 15.8. The highest BCUT2D eigenvalue weighted by atomic mass is 32.2. The highest BCUT2D eigenvalue weighted by molar-refractivity contribution is 7.99. The Bertz CT molecular complexity index is 681. The Morgan fingerprint density at radius 1 is 1.26 bits per heavy atom. The first-order chi connectivity index (χ1) is 11.1. The Labute approximate surface area is 138 Å². The van der Waals surface area contributed by atoms with Gasteiger partial charge in [0.2, 0.25) is 5.91 Å². The van der Waals surface area contributed by atoms with Crippen LogP contribution in [-0.2, 0) is 16.6 Å². The molecule has 23 heavy (non-hydrogen) atoms. The van der Waals surface area contributed by atoms with Crippen molar-refractivity contribution in [2.45, 2.75) is 5.16 Å². The highest BCUT2D eigenvalue weighted by Gasteiger charge is 2.18. The van der Waals surface area contributed by atoms with Gasteiger partial charge in [-0.25, -0.2) is 0 Å². The zero-order valence-corrected chi connectivity index (χ0v) is 13.6. The van der Waals surface area contributed by atoms with E-state index in [1.165, 1.54) is 11.8 Å². The van der Waals surface area contributed by atoms with Crippen molar-refractivity contribution >= 4 is 17.7 Å². The second kappa shape index (κ2) is 7.01. The maximum Gasteiger partial charge on any atom is 0.233 e. The van der Waals surface area contributed by atoms with Crippen LogP contribution < -0.4 is 0 Å². The molecule has 0 unspecified atom stereocenters. The Hall–Kier alpha value is -2.06. The van der Waals surface area contributed by atoms with E-state index in [0.717, 1.165) is 5.56 Å². The van der Waals surface area contributed by atoms with Gasteiger partial charge in [-0.3, -0.25) is 4.79 Å². The Kier molecular flexibility index (Phi) is 4.82. The number of phenolic OH excluding ortho intramolecular Hbond substituents is 1. The molecule has 0 bridgehead atoms. The minimum absolute atomic E-state index is 0.0903. The van der Waals surface area contributed by atoms with E-state index < -0.39 is 0 Å². The first-order valence-corrected chi connectivity index (χ1v) is 8.31. The van der Waals surface area contributed by atoms with Crippen LogP contribution >= 0.6 is 11.8 Å². The third kappa shape index (κ3) is 3.65. The van der Waals surface area contributed by atoms with Gasteiger partial charge in [-0.2, -0.15) is 0 Å². The van der Waals surface area contributed by atoms with Crippen molar-refractivity contribution in [2.75, 3.05) is 32.1 Å². The number of thioether (sulfide) groups is 1. The van der Waals surface area contributed by atoms with Crippen LogP contribution in [0, 0.1) is 0 Å². The number of nitrogens with zero attached hydrogens (tertiary/aromatic N) is 4. The van der Waals surface area contributed by atoms with Gasteiger partial charge in [0, 0.05) is 25.7 Å². The number of amides is 1. The monoisotopic (exact) mass is 334 g/mol. The summed E-state index contributed by atoms with van der Waals surface area (Å²) in [7, 11) is 1.86. The molecule has 8 heteroatoms. The van der Waals surface area contributed by atoms with E-state index in [2.05, 4.69) is 10.2 Å². The molecule has 2 heterocycles. The van der Waals surface area contributed by atoms with Gasteiger partial charge in [-0.05, 0) is 24.3 Å². The molecular formula is C15H18N4O3S. The second-order valence-electron chi connectivity index (χ2n) is 5.19. The average molecular weight is 334 g/mol. The van der Waals surface area contributed by atoms with E-state index in [9.17, 15) is 9.90 Å². The lowest BCUT2D eigenvalue weighted by Gasteiger charge is -2.26. The molecule has 1 N–H and O–H groups in total. The maximum absolute atomic E-state index is 12.2. The van der Waals surface area contributed by atoms with Crippen molar-refractivity contribution in [3.8, 4) is 17.1 Å². The normalized spacial score (nSPS) is 14.9. The van der Waals surface area contributed by atoms with Gasteiger partial charge in [-0.15, -0.1) is 10.2 Å². The van der Waals surface area contributed by atoms with Crippen LogP contribution in [0.5, 0.6) is 5.75 Å². The number of aromatic hydroxyl groups is 1. The molecule has 1 saturated heterocycles. The van der Waals surface area contributed by atoms with Gasteiger partial charge < -0.3 is 19.3 Å². The number of hydrogen-bond acceptors (Lipinski definition) is 6. The van der Waals surface area contributed by atoms with Crippen LogP contribution in [-0.4, -0.2) is 62.7 Å². The van der Waals surface area contributed by atoms with Gasteiger partial charge in [-0.1, -0.05) is 11.8 Å². The lowest BCUT2D eigenvalue weighted by molar-refractivity contribution is -0.132. The van der Waals surface area contributed by atoms with E-state index >= 15 is 0 Å². The maximum atomic E-state index is 12.2. The minimum atomic E-state index is 0.0903. The molecular weight excluding hydrogens is 316 g/mol. The number of morpholine rings is 1. The predicted molar refractivity (Wildman–Crippen MR) is 86.2 cm³/mol. The lowest BCUT2D eigenvalue weighted by atomic mass is 10.2. The van der Waals surface area contributed by atoms with Gasteiger partial charge in [0.1, 0.15) is 5.75 Å². The van der Waals surface area contributed by atoms with Crippen molar-refractivity contribution < 1.29 is 14.6 Å². The molecule has 0 radical (unpaired) electrons. The largest absolute Gasteiger partial charge is 0.508 e. The third-order valence-corrected chi connectivity index (χ3v) is 4.65. The Morgan fingerprint density at radius 2 is 1.96 bits per heavy atom. The summed E-state index contributed by atoms with van der Waals surface area (Å²) >= 11 is 1.38. The Balaban J connectivity index is 1.65.